The molecule has 1 amide bonds. The van der Waals surface area contributed by atoms with E-state index in [4.69, 9.17) is 11.6 Å². The van der Waals surface area contributed by atoms with Crippen LogP contribution in [0.4, 0.5) is 30.2 Å². The van der Waals surface area contributed by atoms with Gasteiger partial charge < -0.3 is 20.5 Å². The minimum atomic E-state index is -4.85. The van der Waals surface area contributed by atoms with Gasteiger partial charge in [0, 0.05) is 18.3 Å². The van der Waals surface area contributed by atoms with Crippen LogP contribution in [0.3, 0.4) is 0 Å². The van der Waals surface area contributed by atoms with Gasteiger partial charge in [-0.25, -0.2) is 0 Å². The molecule has 0 aliphatic carbocycles. The molecular weight excluding hydrogens is 431 g/mol. The molecule has 0 aromatic heterocycles. The Kier molecular flexibility index (Phi) is 6.78. The fourth-order valence-corrected chi connectivity index (χ4v) is 2.53. The molecule has 2 rings (SSSR count). The minimum absolute atomic E-state index is 0.0114. The number of aliphatic hydroxyl groups is 1. The lowest BCUT2D eigenvalue weighted by molar-refractivity contribution is -0.384. The Hall–Kier alpha value is -3.05. The summed E-state index contributed by atoms with van der Waals surface area (Å²) in [5, 5.41) is 26.1. The number of halogens is 4. The van der Waals surface area contributed by atoms with Crippen molar-refractivity contribution in [2.75, 3.05) is 17.2 Å². The second kappa shape index (κ2) is 8.76. The molecule has 0 heterocycles. The van der Waals surface area contributed by atoms with E-state index < -0.39 is 34.2 Å². The average molecular weight is 448 g/mol. The highest BCUT2D eigenvalue weighted by Gasteiger charge is 2.31. The van der Waals surface area contributed by atoms with Crippen LogP contribution >= 0.6 is 11.6 Å². The van der Waals surface area contributed by atoms with Crippen LogP contribution in [0.1, 0.15) is 24.2 Å². The molecule has 0 aliphatic heterocycles. The molecule has 0 unspecified atom stereocenters. The predicted octanol–water partition coefficient (Wildman–Crippen LogP) is 4.58. The first-order valence-electron chi connectivity index (χ1n) is 8.36. The maximum atomic E-state index is 12.5. The van der Waals surface area contributed by atoms with Gasteiger partial charge in [-0.05, 0) is 44.2 Å². The van der Waals surface area contributed by atoms with E-state index in [1.807, 2.05) is 0 Å². The zero-order chi connectivity index (χ0) is 22.7. The average Bonchev–Trinajstić information content (AvgIpc) is 2.59. The molecule has 0 saturated heterocycles. The van der Waals surface area contributed by atoms with Crippen molar-refractivity contribution >= 4 is 34.6 Å². The Morgan fingerprint density at radius 1 is 1.23 bits per heavy atom. The van der Waals surface area contributed by atoms with E-state index in [2.05, 4.69) is 15.4 Å². The molecule has 0 fully saturated rings. The van der Waals surface area contributed by atoms with Crippen LogP contribution in [0, 0.1) is 10.1 Å². The first-order chi connectivity index (χ1) is 13.7. The summed E-state index contributed by atoms with van der Waals surface area (Å²) >= 11 is 6.08. The van der Waals surface area contributed by atoms with Crippen molar-refractivity contribution < 1.29 is 32.7 Å². The molecule has 0 atom stereocenters. The van der Waals surface area contributed by atoms with Gasteiger partial charge in [0.2, 0.25) is 0 Å². The lowest BCUT2D eigenvalue weighted by Gasteiger charge is -2.19. The lowest BCUT2D eigenvalue weighted by Crippen LogP contribution is -2.29. The van der Waals surface area contributed by atoms with Gasteiger partial charge in [-0.1, -0.05) is 11.6 Å². The standard InChI is InChI=1S/C18H17ClF3N3O5/c1-17(2,27)9-23-14-8-13(19)12(7-15(14)25(28)29)16(26)24-10-3-5-11(6-4-10)30-18(20,21)22/h3-8,23,27H,9H2,1-2H3,(H,24,26). The van der Waals surface area contributed by atoms with Crippen molar-refractivity contribution in [2.24, 2.45) is 0 Å². The largest absolute Gasteiger partial charge is 0.573 e. The van der Waals surface area contributed by atoms with E-state index in [-0.39, 0.29) is 28.5 Å². The maximum absolute atomic E-state index is 12.5. The number of carbonyl (C=O) groups is 1. The van der Waals surface area contributed by atoms with Gasteiger partial charge in [-0.2, -0.15) is 0 Å². The van der Waals surface area contributed by atoms with E-state index in [9.17, 15) is 33.2 Å². The maximum Gasteiger partial charge on any atom is 0.573 e. The number of nitro benzene ring substituents is 1. The van der Waals surface area contributed by atoms with Crippen LogP contribution in [-0.4, -0.2) is 34.4 Å². The lowest BCUT2D eigenvalue weighted by atomic mass is 10.1. The first-order valence-corrected chi connectivity index (χ1v) is 8.74. The molecule has 162 valence electrons. The summed E-state index contributed by atoms with van der Waals surface area (Å²) in [5.74, 6) is -1.28. The summed E-state index contributed by atoms with van der Waals surface area (Å²) in [7, 11) is 0. The second-order valence-corrected chi connectivity index (χ2v) is 7.21. The normalized spacial score (nSPS) is 11.7. The van der Waals surface area contributed by atoms with Gasteiger partial charge in [0.1, 0.15) is 11.4 Å². The van der Waals surface area contributed by atoms with Gasteiger partial charge in [0.15, 0.2) is 0 Å². The number of benzene rings is 2. The third-order valence-electron chi connectivity index (χ3n) is 3.58. The highest BCUT2D eigenvalue weighted by Crippen LogP contribution is 2.32. The number of nitrogens with zero attached hydrogens (tertiary/aromatic N) is 1. The summed E-state index contributed by atoms with van der Waals surface area (Å²) in [6, 6.07) is 6.47. The molecule has 0 saturated carbocycles. The molecular formula is C18H17ClF3N3O5. The Morgan fingerprint density at radius 2 is 1.83 bits per heavy atom. The van der Waals surface area contributed by atoms with Gasteiger partial charge in [0.25, 0.3) is 11.6 Å². The van der Waals surface area contributed by atoms with Gasteiger partial charge in [-0.3, -0.25) is 14.9 Å². The van der Waals surface area contributed by atoms with Crippen molar-refractivity contribution in [3.63, 3.8) is 0 Å². The van der Waals surface area contributed by atoms with E-state index in [0.717, 1.165) is 18.2 Å². The van der Waals surface area contributed by atoms with Crippen LogP contribution < -0.4 is 15.4 Å². The summed E-state index contributed by atoms with van der Waals surface area (Å²) in [6.07, 6.45) is -4.85. The van der Waals surface area contributed by atoms with Crippen molar-refractivity contribution in [2.45, 2.75) is 25.8 Å². The molecule has 0 spiro atoms. The summed E-state index contributed by atoms with van der Waals surface area (Å²) in [6.45, 7) is 2.99. The smallest absolute Gasteiger partial charge is 0.406 e. The quantitative estimate of drug-likeness (QED) is 0.423. The zero-order valence-electron chi connectivity index (χ0n) is 15.7. The summed E-state index contributed by atoms with van der Waals surface area (Å²) in [5.41, 5.74) is -1.68. The Bertz CT molecular complexity index is 944. The second-order valence-electron chi connectivity index (χ2n) is 6.80. The fraction of sp³-hybridized carbons (Fsp3) is 0.278. The molecule has 2 aromatic rings. The summed E-state index contributed by atoms with van der Waals surface area (Å²) in [4.78, 5) is 23.1. The van der Waals surface area contributed by atoms with Crippen molar-refractivity contribution in [1.82, 2.24) is 0 Å². The van der Waals surface area contributed by atoms with Crippen molar-refractivity contribution in [3.05, 3.63) is 57.1 Å². The molecule has 0 bridgehead atoms. The SMILES string of the molecule is CC(C)(O)CNc1cc(Cl)c(C(=O)Nc2ccc(OC(F)(F)F)cc2)cc1[N+](=O)[O-]. The number of rotatable bonds is 7. The van der Waals surface area contributed by atoms with Crippen molar-refractivity contribution in [3.8, 4) is 5.75 Å². The van der Waals surface area contributed by atoms with Crippen LogP contribution in [0.2, 0.25) is 5.02 Å². The number of hydrogen-bond donors (Lipinski definition) is 3. The topological polar surface area (TPSA) is 114 Å². The first kappa shape index (κ1) is 23.2. The highest BCUT2D eigenvalue weighted by molar-refractivity contribution is 6.35. The number of nitro groups is 1. The van der Waals surface area contributed by atoms with E-state index in [1.54, 1.807) is 0 Å². The molecule has 0 aliphatic rings. The van der Waals surface area contributed by atoms with Gasteiger partial charge in [0.05, 0.1) is 21.1 Å². The van der Waals surface area contributed by atoms with Crippen LogP contribution in [0.15, 0.2) is 36.4 Å². The number of hydrogen-bond acceptors (Lipinski definition) is 6. The minimum Gasteiger partial charge on any atom is -0.406 e. The van der Waals surface area contributed by atoms with Gasteiger partial charge >= 0.3 is 6.36 Å². The van der Waals surface area contributed by atoms with E-state index >= 15 is 0 Å². The Labute approximate surface area is 173 Å². The van der Waals surface area contributed by atoms with Crippen LogP contribution in [0.5, 0.6) is 5.75 Å². The van der Waals surface area contributed by atoms with E-state index in [1.165, 1.54) is 32.0 Å². The number of ether oxygens (including phenoxy) is 1. The highest BCUT2D eigenvalue weighted by atomic mass is 35.5. The zero-order valence-corrected chi connectivity index (χ0v) is 16.5. The third-order valence-corrected chi connectivity index (χ3v) is 3.90. The Morgan fingerprint density at radius 3 is 2.33 bits per heavy atom. The van der Waals surface area contributed by atoms with E-state index in [0.29, 0.717) is 0 Å². The number of nitrogens with one attached hydrogen (secondary N) is 2. The summed E-state index contributed by atoms with van der Waals surface area (Å²) < 4.78 is 40.3. The molecule has 3 N–H and O–H groups in total. The van der Waals surface area contributed by atoms with Crippen LogP contribution in [0.25, 0.3) is 0 Å². The molecule has 12 heteroatoms. The molecule has 8 nitrogen and oxygen atoms in total. The molecule has 2 aromatic carbocycles. The predicted molar refractivity (Wildman–Crippen MR) is 104 cm³/mol. The number of alkyl halides is 3. The van der Waals surface area contributed by atoms with Crippen LogP contribution in [-0.2, 0) is 0 Å². The molecule has 0 radical (unpaired) electrons. The molecule has 30 heavy (non-hydrogen) atoms. The van der Waals surface area contributed by atoms with Gasteiger partial charge in [-0.15, -0.1) is 13.2 Å². The Balaban J connectivity index is 2.22. The third kappa shape index (κ3) is 6.78. The fourth-order valence-electron chi connectivity index (χ4n) is 2.28. The number of anilines is 2. The number of carbonyl (C=O) groups excluding carboxylic acids is 1. The van der Waals surface area contributed by atoms with Crippen molar-refractivity contribution in [1.29, 1.82) is 0 Å². The number of amides is 1. The monoisotopic (exact) mass is 447 g/mol.